The number of imidazole rings is 1. The first-order valence-electron chi connectivity index (χ1n) is 10.7. The molecule has 31 heavy (non-hydrogen) atoms. The second-order valence-electron chi connectivity index (χ2n) is 7.99. The van der Waals surface area contributed by atoms with Gasteiger partial charge in [0.2, 0.25) is 5.91 Å². The second-order valence-corrected chi connectivity index (χ2v) is 7.99. The quantitative estimate of drug-likeness (QED) is 0.584. The van der Waals surface area contributed by atoms with Crippen molar-refractivity contribution < 1.29 is 9.59 Å². The van der Waals surface area contributed by atoms with Crippen LogP contribution < -0.4 is 10.6 Å². The molecule has 0 saturated heterocycles. The highest BCUT2D eigenvalue weighted by molar-refractivity contribution is 5.87. The van der Waals surface area contributed by atoms with Gasteiger partial charge in [0.05, 0.1) is 17.6 Å². The van der Waals surface area contributed by atoms with Crippen LogP contribution >= 0.6 is 0 Å². The van der Waals surface area contributed by atoms with Crippen molar-refractivity contribution in [3.63, 3.8) is 0 Å². The van der Waals surface area contributed by atoms with Gasteiger partial charge in [-0.2, -0.15) is 0 Å². The Morgan fingerprint density at radius 3 is 2.42 bits per heavy atom. The van der Waals surface area contributed by atoms with Crippen LogP contribution in [0.25, 0.3) is 11.0 Å². The molecule has 1 unspecified atom stereocenters. The van der Waals surface area contributed by atoms with Gasteiger partial charge in [0.1, 0.15) is 11.9 Å². The summed E-state index contributed by atoms with van der Waals surface area (Å²) in [6.07, 6.45) is 0. The second kappa shape index (κ2) is 10.1. The van der Waals surface area contributed by atoms with E-state index in [0.29, 0.717) is 13.1 Å². The van der Waals surface area contributed by atoms with Crippen molar-refractivity contribution in [2.24, 2.45) is 5.92 Å². The zero-order valence-corrected chi connectivity index (χ0v) is 18.6. The molecule has 3 rings (SSSR count). The van der Waals surface area contributed by atoms with Gasteiger partial charge in [0.15, 0.2) is 0 Å². The lowest BCUT2D eigenvalue weighted by Gasteiger charge is -2.27. The van der Waals surface area contributed by atoms with Crippen molar-refractivity contribution in [2.45, 2.75) is 46.4 Å². The zero-order chi connectivity index (χ0) is 22.4. The summed E-state index contributed by atoms with van der Waals surface area (Å²) in [6, 6.07) is 16.6. The van der Waals surface area contributed by atoms with Crippen LogP contribution in [0.5, 0.6) is 0 Å². The van der Waals surface area contributed by atoms with Gasteiger partial charge in [0.25, 0.3) is 0 Å². The smallest absolute Gasteiger partial charge is 0.315 e. The van der Waals surface area contributed by atoms with Gasteiger partial charge in [-0.3, -0.25) is 4.79 Å². The largest absolute Gasteiger partial charge is 0.336 e. The summed E-state index contributed by atoms with van der Waals surface area (Å²) in [6.45, 7) is 7.46. The highest BCUT2D eigenvalue weighted by Crippen LogP contribution is 2.17. The SMILES string of the molecule is CCn1c(CN(C)C(=O)C(NC(=O)NCc2ccccc2)C(C)C)nc2ccccc21. The Labute approximate surface area is 183 Å². The Balaban J connectivity index is 1.66. The Morgan fingerprint density at radius 1 is 1.06 bits per heavy atom. The number of nitrogens with one attached hydrogen (secondary N) is 2. The standard InChI is InChI=1S/C24H31N5O2/c1-5-29-20-14-10-9-13-19(20)26-21(29)16-28(4)23(30)22(17(2)3)27-24(31)25-15-18-11-7-6-8-12-18/h6-14,17,22H,5,15-16H2,1-4H3,(H2,25,27,31). The third-order valence-corrected chi connectivity index (χ3v) is 5.32. The van der Waals surface area contributed by atoms with Crippen LogP contribution in [-0.2, 0) is 24.4 Å². The van der Waals surface area contributed by atoms with Crippen molar-refractivity contribution in [3.05, 3.63) is 66.0 Å². The van der Waals surface area contributed by atoms with Crippen molar-refractivity contribution in [1.82, 2.24) is 25.1 Å². The lowest BCUT2D eigenvalue weighted by atomic mass is 10.0. The van der Waals surface area contributed by atoms with Crippen molar-refractivity contribution in [1.29, 1.82) is 0 Å². The molecule has 0 radical (unpaired) electrons. The molecule has 7 nitrogen and oxygen atoms in total. The molecule has 2 N–H and O–H groups in total. The predicted molar refractivity (Wildman–Crippen MR) is 122 cm³/mol. The molecule has 7 heteroatoms. The van der Waals surface area contributed by atoms with E-state index in [-0.39, 0.29) is 17.9 Å². The van der Waals surface area contributed by atoms with E-state index in [1.165, 1.54) is 0 Å². The minimum Gasteiger partial charge on any atom is -0.336 e. The highest BCUT2D eigenvalue weighted by atomic mass is 16.2. The highest BCUT2D eigenvalue weighted by Gasteiger charge is 2.28. The summed E-state index contributed by atoms with van der Waals surface area (Å²) in [5.41, 5.74) is 2.97. The van der Waals surface area contributed by atoms with E-state index in [1.807, 2.05) is 68.4 Å². The molecule has 0 aliphatic heterocycles. The molecule has 164 valence electrons. The molecule has 0 aliphatic carbocycles. The molecular formula is C24H31N5O2. The number of carbonyl (C=O) groups is 2. The van der Waals surface area contributed by atoms with Gasteiger partial charge in [-0.15, -0.1) is 0 Å². The number of hydrogen-bond donors (Lipinski definition) is 2. The maximum Gasteiger partial charge on any atom is 0.315 e. The van der Waals surface area contributed by atoms with Crippen molar-refractivity contribution in [2.75, 3.05) is 7.05 Å². The first-order valence-corrected chi connectivity index (χ1v) is 10.7. The summed E-state index contributed by atoms with van der Waals surface area (Å²) in [7, 11) is 1.75. The third-order valence-electron chi connectivity index (χ3n) is 5.32. The number of nitrogens with zero attached hydrogens (tertiary/aromatic N) is 3. The third kappa shape index (κ3) is 5.42. The van der Waals surface area contributed by atoms with Crippen LogP contribution in [0.4, 0.5) is 4.79 Å². The van der Waals surface area contributed by atoms with E-state index in [0.717, 1.165) is 29.0 Å². The molecule has 1 aromatic heterocycles. The number of aromatic nitrogens is 2. The number of likely N-dealkylation sites (N-methyl/N-ethyl adjacent to an activating group) is 1. The molecule has 3 aromatic rings. The van der Waals surface area contributed by atoms with Gasteiger partial charge in [-0.25, -0.2) is 9.78 Å². The first-order chi connectivity index (χ1) is 14.9. The van der Waals surface area contributed by atoms with Crippen LogP contribution in [0.1, 0.15) is 32.2 Å². The van der Waals surface area contributed by atoms with Gasteiger partial charge in [-0.05, 0) is 30.5 Å². The lowest BCUT2D eigenvalue weighted by Crippen LogP contribution is -2.52. The number of urea groups is 1. The fourth-order valence-corrected chi connectivity index (χ4v) is 3.61. The zero-order valence-electron chi connectivity index (χ0n) is 18.6. The van der Waals surface area contributed by atoms with E-state index in [4.69, 9.17) is 4.98 Å². The normalized spacial score (nSPS) is 12.0. The fraction of sp³-hybridized carbons (Fsp3) is 0.375. The van der Waals surface area contributed by atoms with Crippen LogP contribution in [-0.4, -0.2) is 39.5 Å². The van der Waals surface area contributed by atoms with Gasteiger partial charge in [0, 0.05) is 20.1 Å². The fourth-order valence-electron chi connectivity index (χ4n) is 3.61. The first kappa shape index (κ1) is 22.3. The van der Waals surface area contributed by atoms with Crippen LogP contribution in [0, 0.1) is 5.92 Å². The summed E-state index contributed by atoms with van der Waals surface area (Å²) in [4.78, 5) is 31.9. The lowest BCUT2D eigenvalue weighted by molar-refractivity contribution is -0.133. The van der Waals surface area contributed by atoms with Gasteiger partial charge in [-0.1, -0.05) is 56.3 Å². The number of hydrogen-bond acceptors (Lipinski definition) is 3. The Hall–Kier alpha value is -3.35. The average Bonchev–Trinajstić information content (AvgIpc) is 3.12. The Morgan fingerprint density at radius 2 is 1.74 bits per heavy atom. The van der Waals surface area contributed by atoms with E-state index >= 15 is 0 Å². The molecule has 0 bridgehead atoms. The van der Waals surface area contributed by atoms with E-state index in [1.54, 1.807) is 11.9 Å². The molecular weight excluding hydrogens is 390 g/mol. The number of carbonyl (C=O) groups excluding carboxylic acids is 2. The number of aryl methyl sites for hydroxylation is 1. The van der Waals surface area contributed by atoms with E-state index < -0.39 is 6.04 Å². The molecule has 0 spiro atoms. The topological polar surface area (TPSA) is 79.3 Å². The van der Waals surface area contributed by atoms with Gasteiger partial charge < -0.3 is 20.1 Å². The number of benzene rings is 2. The Kier molecular flexibility index (Phi) is 7.28. The van der Waals surface area contributed by atoms with E-state index in [2.05, 4.69) is 22.1 Å². The summed E-state index contributed by atoms with van der Waals surface area (Å²) in [5.74, 6) is 0.637. The van der Waals surface area contributed by atoms with Crippen molar-refractivity contribution in [3.8, 4) is 0 Å². The average molecular weight is 422 g/mol. The van der Waals surface area contributed by atoms with Crippen LogP contribution in [0.2, 0.25) is 0 Å². The summed E-state index contributed by atoms with van der Waals surface area (Å²) < 4.78 is 2.11. The van der Waals surface area contributed by atoms with Gasteiger partial charge >= 0.3 is 6.03 Å². The Bertz CT molecular complexity index is 1030. The molecule has 0 aliphatic rings. The van der Waals surface area contributed by atoms with E-state index in [9.17, 15) is 9.59 Å². The minimum absolute atomic E-state index is 0.0533. The van der Waals surface area contributed by atoms with Crippen LogP contribution in [0.3, 0.4) is 0 Å². The molecule has 0 saturated carbocycles. The molecule has 2 aromatic carbocycles. The summed E-state index contributed by atoms with van der Waals surface area (Å²) >= 11 is 0. The van der Waals surface area contributed by atoms with Crippen molar-refractivity contribution >= 4 is 23.0 Å². The maximum absolute atomic E-state index is 13.2. The number of fused-ring (bicyclic) bond motifs is 1. The number of rotatable bonds is 8. The molecule has 3 amide bonds. The van der Waals surface area contributed by atoms with Crippen LogP contribution in [0.15, 0.2) is 54.6 Å². The number of para-hydroxylation sites is 2. The molecule has 1 atom stereocenters. The molecule has 1 heterocycles. The maximum atomic E-state index is 13.2. The monoisotopic (exact) mass is 421 g/mol. The minimum atomic E-state index is -0.625. The summed E-state index contributed by atoms with van der Waals surface area (Å²) in [5, 5.41) is 5.67. The molecule has 0 fully saturated rings. The number of amides is 3. The predicted octanol–water partition coefficient (Wildman–Crippen LogP) is 3.54.